The van der Waals surface area contributed by atoms with Gasteiger partial charge in [-0.1, -0.05) is 18.7 Å². The van der Waals surface area contributed by atoms with Crippen molar-refractivity contribution in [1.29, 1.82) is 0 Å². The van der Waals surface area contributed by atoms with Crippen molar-refractivity contribution in [2.75, 3.05) is 18.1 Å². The van der Waals surface area contributed by atoms with Crippen LogP contribution in [-0.4, -0.2) is 16.6 Å². The van der Waals surface area contributed by atoms with Crippen LogP contribution in [0.3, 0.4) is 0 Å². The van der Waals surface area contributed by atoms with Gasteiger partial charge in [-0.15, -0.1) is 0 Å². The van der Waals surface area contributed by atoms with E-state index in [0.29, 0.717) is 23.2 Å². The molecule has 0 saturated carbocycles. The van der Waals surface area contributed by atoms with Gasteiger partial charge < -0.3 is 21.2 Å². The van der Waals surface area contributed by atoms with Crippen LogP contribution in [0, 0.1) is 0 Å². The molecule has 0 bridgehead atoms. The first-order valence-corrected chi connectivity index (χ1v) is 6.96. The summed E-state index contributed by atoms with van der Waals surface area (Å²) in [6.07, 6.45) is 0.918. The largest absolute Gasteiger partial charge is 0.493 e. The minimum atomic E-state index is -0.286. The van der Waals surface area contributed by atoms with Gasteiger partial charge >= 0.3 is 0 Å². The van der Waals surface area contributed by atoms with Crippen molar-refractivity contribution in [3.05, 3.63) is 34.6 Å². The van der Waals surface area contributed by atoms with E-state index in [0.717, 1.165) is 11.3 Å². The summed E-state index contributed by atoms with van der Waals surface area (Å²) in [4.78, 5) is 18.8. The van der Waals surface area contributed by atoms with Crippen molar-refractivity contribution in [3.63, 3.8) is 0 Å². The predicted molar refractivity (Wildman–Crippen MR) is 80.0 cm³/mol. The van der Waals surface area contributed by atoms with Crippen molar-refractivity contribution in [3.8, 4) is 5.75 Å². The molecule has 1 aromatic carbocycles. The summed E-state index contributed by atoms with van der Waals surface area (Å²) in [5, 5.41) is 0.419. The fourth-order valence-corrected chi connectivity index (χ4v) is 2.47. The molecule has 106 valence electrons. The zero-order valence-corrected chi connectivity index (χ0v) is 11.9. The number of rotatable bonds is 5. The van der Waals surface area contributed by atoms with Gasteiger partial charge in [0.2, 0.25) is 0 Å². The molecular formula is C13H16N4O2S. The maximum atomic E-state index is 11.3. The highest BCUT2D eigenvalue weighted by Gasteiger charge is 2.05. The summed E-state index contributed by atoms with van der Waals surface area (Å²) >= 11 is 1.27. The van der Waals surface area contributed by atoms with Crippen LogP contribution >= 0.6 is 11.8 Å². The van der Waals surface area contributed by atoms with Crippen LogP contribution in [0.2, 0.25) is 0 Å². The average Bonchev–Trinajstić information content (AvgIpc) is 2.34. The predicted octanol–water partition coefficient (Wildman–Crippen LogP) is 1.87. The highest BCUT2D eigenvalue weighted by Crippen LogP contribution is 2.30. The van der Waals surface area contributed by atoms with Crippen LogP contribution in [0.5, 0.6) is 5.75 Å². The number of hydrogen-bond acceptors (Lipinski definition) is 6. The molecule has 0 aliphatic heterocycles. The summed E-state index contributed by atoms with van der Waals surface area (Å²) in [6.45, 7) is 2.66. The van der Waals surface area contributed by atoms with E-state index in [2.05, 4.69) is 9.97 Å². The lowest BCUT2D eigenvalue weighted by atomic mass is 10.3. The Labute approximate surface area is 120 Å². The first-order chi connectivity index (χ1) is 9.56. The number of nitrogen functional groups attached to an aromatic ring is 2. The quantitative estimate of drug-likeness (QED) is 0.573. The molecule has 1 heterocycles. The number of benzene rings is 1. The van der Waals surface area contributed by atoms with E-state index in [-0.39, 0.29) is 11.4 Å². The molecule has 0 unspecified atom stereocenters. The topological polar surface area (TPSA) is 107 Å². The second-order valence-corrected chi connectivity index (χ2v) is 5.23. The zero-order valence-electron chi connectivity index (χ0n) is 11.1. The Morgan fingerprint density at radius 1 is 1.30 bits per heavy atom. The van der Waals surface area contributed by atoms with Crippen molar-refractivity contribution in [1.82, 2.24) is 9.97 Å². The molecule has 5 N–H and O–H groups in total. The molecule has 0 radical (unpaired) electrons. The molecule has 0 aliphatic carbocycles. The van der Waals surface area contributed by atoms with E-state index in [9.17, 15) is 4.79 Å². The number of H-pyrrole nitrogens is 1. The first-order valence-electron chi connectivity index (χ1n) is 6.15. The minimum Gasteiger partial charge on any atom is -0.493 e. The molecule has 0 amide bonds. The van der Waals surface area contributed by atoms with E-state index < -0.39 is 0 Å². The van der Waals surface area contributed by atoms with E-state index in [1.165, 1.54) is 17.8 Å². The molecule has 0 atom stereocenters. The Kier molecular flexibility index (Phi) is 4.52. The van der Waals surface area contributed by atoms with Crippen LogP contribution in [-0.2, 0) is 0 Å². The molecule has 1 aromatic heterocycles. The van der Waals surface area contributed by atoms with E-state index in [1.807, 2.05) is 13.0 Å². The van der Waals surface area contributed by atoms with Crippen LogP contribution in [0.1, 0.15) is 13.3 Å². The number of nitrogens with one attached hydrogen (secondary N) is 1. The Bertz CT molecular complexity index is 657. The fourth-order valence-electron chi connectivity index (χ4n) is 1.57. The lowest BCUT2D eigenvalue weighted by Gasteiger charge is -2.08. The summed E-state index contributed by atoms with van der Waals surface area (Å²) in [5.74, 6) is 0.878. The first kappa shape index (κ1) is 14.3. The molecule has 2 aromatic rings. The number of aromatic amines is 1. The van der Waals surface area contributed by atoms with Crippen LogP contribution < -0.4 is 21.8 Å². The SMILES string of the molecule is CCCOc1cc(N)cc(Sc2nc(N)cc(=O)[nH]2)c1. The van der Waals surface area contributed by atoms with Gasteiger partial charge in [-0.2, -0.15) is 0 Å². The Balaban J connectivity index is 2.23. The van der Waals surface area contributed by atoms with E-state index in [4.69, 9.17) is 16.2 Å². The van der Waals surface area contributed by atoms with Gasteiger partial charge in [0.25, 0.3) is 5.56 Å². The second kappa shape index (κ2) is 6.33. The monoisotopic (exact) mass is 292 g/mol. The number of nitrogens with zero attached hydrogens (tertiary/aromatic N) is 1. The van der Waals surface area contributed by atoms with Gasteiger partial charge in [0, 0.05) is 22.7 Å². The van der Waals surface area contributed by atoms with E-state index in [1.54, 1.807) is 12.1 Å². The maximum absolute atomic E-state index is 11.3. The fraction of sp³-hybridized carbons (Fsp3) is 0.231. The lowest BCUT2D eigenvalue weighted by Crippen LogP contribution is -2.09. The number of nitrogens with two attached hydrogens (primary N) is 2. The van der Waals surface area contributed by atoms with Crippen LogP contribution in [0.15, 0.2) is 39.1 Å². The Morgan fingerprint density at radius 2 is 2.10 bits per heavy atom. The molecule has 6 nitrogen and oxygen atoms in total. The lowest BCUT2D eigenvalue weighted by molar-refractivity contribution is 0.317. The second-order valence-electron chi connectivity index (χ2n) is 4.16. The smallest absolute Gasteiger partial charge is 0.253 e. The molecule has 2 rings (SSSR count). The van der Waals surface area contributed by atoms with Crippen LogP contribution in [0.25, 0.3) is 0 Å². The zero-order chi connectivity index (χ0) is 14.5. The third-order valence-corrected chi connectivity index (χ3v) is 3.19. The Hall–Kier alpha value is -2.15. The van der Waals surface area contributed by atoms with Gasteiger partial charge in [-0.3, -0.25) is 4.79 Å². The average molecular weight is 292 g/mol. The van der Waals surface area contributed by atoms with Crippen molar-refractivity contribution < 1.29 is 4.74 Å². The van der Waals surface area contributed by atoms with Crippen molar-refractivity contribution >= 4 is 23.3 Å². The van der Waals surface area contributed by atoms with Gasteiger partial charge in [-0.25, -0.2) is 4.98 Å². The highest BCUT2D eigenvalue weighted by molar-refractivity contribution is 7.99. The van der Waals surface area contributed by atoms with Gasteiger partial charge in [-0.05, 0) is 18.6 Å². The highest BCUT2D eigenvalue weighted by atomic mass is 32.2. The molecular weight excluding hydrogens is 276 g/mol. The summed E-state index contributed by atoms with van der Waals surface area (Å²) in [5.41, 5.74) is 11.7. The number of anilines is 2. The molecule has 0 saturated heterocycles. The molecule has 0 spiro atoms. The standard InChI is InChI=1S/C13H16N4O2S/c1-2-3-19-9-4-8(14)5-10(6-9)20-13-16-11(15)7-12(18)17-13/h4-7H,2-3,14H2,1H3,(H3,15,16,17,18). The normalized spacial score (nSPS) is 10.4. The summed E-state index contributed by atoms with van der Waals surface area (Å²) in [6, 6.07) is 6.63. The summed E-state index contributed by atoms with van der Waals surface area (Å²) in [7, 11) is 0. The third-order valence-electron chi connectivity index (χ3n) is 2.33. The van der Waals surface area contributed by atoms with Crippen molar-refractivity contribution in [2.24, 2.45) is 0 Å². The number of hydrogen-bond donors (Lipinski definition) is 3. The maximum Gasteiger partial charge on any atom is 0.253 e. The third kappa shape index (κ3) is 3.92. The molecule has 0 fully saturated rings. The van der Waals surface area contributed by atoms with Crippen molar-refractivity contribution in [2.45, 2.75) is 23.4 Å². The Morgan fingerprint density at radius 3 is 2.80 bits per heavy atom. The van der Waals surface area contributed by atoms with E-state index >= 15 is 0 Å². The molecule has 7 heteroatoms. The van der Waals surface area contributed by atoms with Gasteiger partial charge in [0.15, 0.2) is 5.16 Å². The number of ether oxygens (including phenoxy) is 1. The molecule has 20 heavy (non-hydrogen) atoms. The van der Waals surface area contributed by atoms with Crippen LogP contribution in [0.4, 0.5) is 11.5 Å². The minimum absolute atomic E-state index is 0.183. The van der Waals surface area contributed by atoms with Gasteiger partial charge in [0.05, 0.1) is 6.61 Å². The summed E-state index contributed by atoms with van der Waals surface area (Å²) < 4.78 is 5.55. The number of aromatic nitrogens is 2. The van der Waals surface area contributed by atoms with Gasteiger partial charge in [0.1, 0.15) is 11.6 Å². The molecule has 0 aliphatic rings.